The summed E-state index contributed by atoms with van der Waals surface area (Å²) in [4.78, 5) is 25.0. The van der Waals surface area contributed by atoms with Gasteiger partial charge in [-0.1, -0.05) is 42.8 Å². The smallest absolute Gasteiger partial charge is 0.416 e. The van der Waals surface area contributed by atoms with Crippen molar-refractivity contribution in [2.75, 3.05) is 7.11 Å². The van der Waals surface area contributed by atoms with Crippen LogP contribution in [0.4, 0.5) is 31.1 Å². The molecule has 5 nitrogen and oxygen atoms in total. The number of halogens is 7. The summed E-state index contributed by atoms with van der Waals surface area (Å²) in [6.45, 7) is 1.79. The van der Waals surface area contributed by atoms with Gasteiger partial charge in [0, 0.05) is 11.6 Å². The number of alkyl halides is 6. The van der Waals surface area contributed by atoms with Gasteiger partial charge in [0.25, 0.3) is 0 Å². The van der Waals surface area contributed by atoms with Crippen LogP contribution in [0.2, 0.25) is 5.02 Å². The highest BCUT2D eigenvalue weighted by molar-refractivity contribution is 6.30. The molecule has 12 heteroatoms. The molecule has 0 aromatic heterocycles. The van der Waals surface area contributed by atoms with Gasteiger partial charge in [0.15, 0.2) is 0 Å². The second-order valence-corrected chi connectivity index (χ2v) is 9.27. The average Bonchev–Trinajstić information content (AvgIpc) is 2.90. The number of carbonyl (C=O) groups excluding carboxylic acids is 2. The van der Waals surface area contributed by atoms with Crippen LogP contribution in [0.3, 0.4) is 0 Å². The van der Waals surface area contributed by atoms with Crippen LogP contribution < -0.4 is 10.6 Å². The van der Waals surface area contributed by atoms with E-state index >= 15 is 0 Å². The lowest BCUT2D eigenvalue weighted by molar-refractivity contribution is -0.140. The Morgan fingerprint density at radius 2 is 1.50 bits per heavy atom. The number of amides is 2. The van der Waals surface area contributed by atoms with Gasteiger partial charge in [0.05, 0.1) is 30.7 Å². The van der Waals surface area contributed by atoms with Gasteiger partial charge in [-0.2, -0.15) is 26.3 Å². The zero-order chi connectivity index (χ0) is 29.7. The fourth-order valence-corrected chi connectivity index (χ4v) is 4.24. The second-order valence-electron chi connectivity index (χ2n) is 8.84. The normalized spacial score (nSPS) is 12.5. The van der Waals surface area contributed by atoms with Crippen LogP contribution in [0.1, 0.15) is 47.2 Å². The van der Waals surface area contributed by atoms with Gasteiger partial charge in [-0.15, -0.1) is 0 Å². The van der Waals surface area contributed by atoms with Gasteiger partial charge >= 0.3 is 24.4 Å². The maximum absolute atomic E-state index is 13.9. The largest absolute Gasteiger partial charge is 0.469 e. The fourth-order valence-electron chi connectivity index (χ4n) is 4.11. The van der Waals surface area contributed by atoms with Crippen LogP contribution in [0.25, 0.3) is 11.1 Å². The first kappa shape index (κ1) is 30.8. The number of hydrogen-bond donors (Lipinski definition) is 2. The number of hydrogen-bond acceptors (Lipinski definition) is 3. The van der Waals surface area contributed by atoms with Crippen molar-refractivity contribution in [1.29, 1.82) is 0 Å². The van der Waals surface area contributed by atoms with Crippen molar-refractivity contribution >= 4 is 23.6 Å². The summed E-state index contributed by atoms with van der Waals surface area (Å²) < 4.78 is 85.7. The number of carbonyl (C=O) groups is 2. The maximum Gasteiger partial charge on any atom is 0.416 e. The summed E-state index contributed by atoms with van der Waals surface area (Å²) in [5, 5.41) is 5.87. The Morgan fingerprint density at radius 3 is 2.02 bits per heavy atom. The molecular formula is C28H25ClF6N2O3. The number of urea groups is 1. The molecule has 0 fully saturated rings. The number of ether oxygens (including phenoxy) is 1. The van der Waals surface area contributed by atoms with Gasteiger partial charge in [0.1, 0.15) is 0 Å². The molecule has 0 saturated heterocycles. The zero-order valence-corrected chi connectivity index (χ0v) is 22.1. The quantitative estimate of drug-likeness (QED) is 0.210. The lowest BCUT2D eigenvalue weighted by Crippen LogP contribution is -2.38. The average molecular weight is 587 g/mol. The SMILES string of the molecule is CCC(NC(=O)NCc1ccc(Cl)cc1)c1c(CC(=O)OC)cc(C(F)(F)F)cc1-c1ccc(C(F)(F)F)cc1. The highest BCUT2D eigenvalue weighted by atomic mass is 35.5. The molecule has 40 heavy (non-hydrogen) atoms. The molecule has 1 atom stereocenters. The van der Waals surface area contributed by atoms with E-state index in [1.165, 1.54) is 0 Å². The number of nitrogens with one attached hydrogen (secondary N) is 2. The summed E-state index contributed by atoms with van der Waals surface area (Å²) in [6.07, 6.45) is -9.86. The van der Waals surface area contributed by atoms with Crippen LogP contribution in [-0.4, -0.2) is 19.1 Å². The third-order valence-electron chi connectivity index (χ3n) is 6.11. The second kappa shape index (κ2) is 12.6. The predicted molar refractivity (Wildman–Crippen MR) is 137 cm³/mol. The predicted octanol–water partition coefficient (Wildman–Crippen LogP) is 7.71. The zero-order valence-electron chi connectivity index (χ0n) is 21.3. The molecule has 1 unspecified atom stereocenters. The molecule has 0 heterocycles. The van der Waals surface area contributed by atoms with E-state index in [1.54, 1.807) is 31.2 Å². The Morgan fingerprint density at radius 1 is 0.900 bits per heavy atom. The molecule has 2 N–H and O–H groups in total. The van der Waals surface area contributed by atoms with E-state index in [1.807, 2.05) is 0 Å². The van der Waals surface area contributed by atoms with Gasteiger partial charge in [-0.25, -0.2) is 4.79 Å². The van der Waals surface area contributed by atoms with Crippen molar-refractivity contribution in [3.8, 4) is 11.1 Å². The van der Waals surface area contributed by atoms with Crippen LogP contribution in [0.5, 0.6) is 0 Å². The topological polar surface area (TPSA) is 67.4 Å². The Balaban J connectivity index is 2.09. The monoisotopic (exact) mass is 586 g/mol. The third kappa shape index (κ3) is 7.91. The van der Waals surface area contributed by atoms with E-state index < -0.39 is 47.9 Å². The highest BCUT2D eigenvalue weighted by Crippen LogP contribution is 2.40. The Bertz CT molecular complexity index is 1340. The van der Waals surface area contributed by atoms with E-state index in [0.717, 1.165) is 49.1 Å². The van der Waals surface area contributed by atoms with Gasteiger partial charge in [-0.3, -0.25) is 4.79 Å². The fraction of sp³-hybridized carbons (Fsp3) is 0.286. The molecule has 3 rings (SSSR count). The highest BCUT2D eigenvalue weighted by Gasteiger charge is 2.35. The van der Waals surface area contributed by atoms with E-state index in [0.29, 0.717) is 5.02 Å². The van der Waals surface area contributed by atoms with E-state index in [2.05, 4.69) is 15.4 Å². The standard InChI is InChI=1S/C28H25ClF6N2O3/c1-3-23(37-26(39)36-15-16-4-10-21(29)11-5-16)25-18(13-24(38)40-2)12-20(28(33,34)35)14-22(25)17-6-8-19(9-7-17)27(30,31)32/h4-12,14,23H,3,13,15H2,1-2H3,(H2,36,37,39). The summed E-state index contributed by atoms with van der Waals surface area (Å²) in [5.74, 6) is -0.832. The molecule has 0 spiro atoms. The van der Waals surface area contributed by atoms with Crippen molar-refractivity contribution in [2.24, 2.45) is 0 Å². The molecule has 0 aliphatic rings. The van der Waals surface area contributed by atoms with E-state index in [9.17, 15) is 35.9 Å². The van der Waals surface area contributed by atoms with Crippen LogP contribution in [0, 0.1) is 0 Å². The molecule has 2 amide bonds. The summed E-state index contributed by atoms with van der Waals surface area (Å²) >= 11 is 5.87. The molecular weight excluding hydrogens is 562 g/mol. The maximum atomic E-state index is 13.9. The van der Waals surface area contributed by atoms with Crippen molar-refractivity contribution in [1.82, 2.24) is 10.6 Å². The number of benzene rings is 3. The van der Waals surface area contributed by atoms with Crippen molar-refractivity contribution in [2.45, 2.75) is 44.7 Å². The first-order valence-electron chi connectivity index (χ1n) is 12.0. The molecule has 3 aromatic carbocycles. The minimum atomic E-state index is -4.82. The molecule has 3 aromatic rings. The summed E-state index contributed by atoms with van der Waals surface area (Å²) in [6, 6.07) is 10.3. The Labute approximate surface area is 231 Å². The number of methoxy groups -OCH3 is 1. The van der Waals surface area contributed by atoms with Gasteiger partial charge in [-0.05, 0) is 70.6 Å². The Kier molecular flexibility index (Phi) is 9.73. The Hall–Kier alpha value is -3.73. The van der Waals surface area contributed by atoms with Crippen molar-refractivity contribution in [3.63, 3.8) is 0 Å². The minimum Gasteiger partial charge on any atom is -0.469 e. The molecule has 0 aliphatic carbocycles. The van der Waals surface area contributed by atoms with E-state index in [4.69, 9.17) is 11.6 Å². The number of esters is 1. The summed E-state index contributed by atoms with van der Waals surface area (Å²) in [7, 11) is 1.08. The van der Waals surface area contributed by atoms with Crippen molar-refractivity contribution < 1.29 is 40.7 Å². The van der Waals surface area contributed by atoms with Crippen LogP contribution in [-0.2, 0) is 34.8 Å². The lowest BCUT2D eigenvalue weighted by atomic mass is 9.86. The first-order chi connectivity index (χ1) is 18.7. The number of rotatable bonds is 8. The van der Waals surface area contributed by atoms with E-state index in [-0.39, 0.29) is 35.2 Å². The van der Waals surface area contributed by atoms with Gasteiger partial charge in [0.2, 0.25) is 0 Å². The van der Waals surface area contributed by atoms with Crippen LogP contribution >= 0.6 is 11.6 Å². The minimum absolute atomic E-state index is 0.0436. The van der Waals surface area contributed by atoms with Gasteiger partial charge < -0.3 is 15.4 Å². The first-order valence-corrected chi connectivity index (χ1v) is 12.4. The van der Waals surface area contributed by atoms with Crippen molar-refractivity contribution in [3.05, 3.63) is 93.5 Å². The molecule has 214 valence electrons. The molecule has 0 saturated carbocycles. The lowest BCUT2D eigenvalue weighted by Gasteiger charge is -2.26. The molecule has 0 bridgehead atoms. The van der Waals surface area contributed by atoms with Crippen LogP contribution in [0.15, 0.2) is 60.7 Å². The molecule has 0 radical (unpaired) electrons. The third-order valence-corrected chi connectivity index (χ3v) is 6.36. The summed E-state index contributed by atoms with van der Waals surface area (Å²) in [5.41, 5.74) is -1.31. The molecule has 0 aliphatic heterocycles.